The average molecular weight is 374 g/mol. The second-order valence-electron chi connectivity index (χ2n) is 4.48. The van der Waals surface area contributed by atoms with Crippen molar-refractivity contribution in [3.8, 4) is 0 Å². The van der Waals surface area contributed by atoms with Crippen LogP contribution in [0.15, 0.2) is 18.2 Å². The molecule has 0 spiro atoms. The number of amides is 2. The van der Waals surface area contributed by atoms with E-state index >= 15 is 0 Å². The highest BCUT2D eigenvalue weighted by molar-refractivity contribution is 14.1. The van der Waals surface area contributed by atoms with Crippen molar-refractivity contribution in [3.05, 3.63) is 27.3 Å². The van der Waals surface area contributed by atoms with Crippen LogP contribution in [-0.2, 0) is 0 Å². The van der Waals surface area contributed by atoms with Crippen molar-refractivity contribution in [1.29, 1.82) is 0 Å². The number of halogens is 1. The van der Waals surface area contributed by atoms with E-state index in [0.29, 0.717) is 5.69 Å². The molecule has 0 unspecified atom stereocenters. The third-order valence-corrected chi connectivity index (χ3v) is 4.04. The number of carbonyl (C=O) groups is 2. The first-order valence-electron chi connectivity index (χ1n) is 6.16. The normalized spacial score (nSPS) is 15.1. The molecular weight excluding hydrogens is 359 g/mol. The van der Waals surface area contributed by atoms with Crippen LogP contribution in [-0.4, -0.2) is 35.1 Å². The molecule has 1 aromatic rings. The fraction of sp³-hybridized carbons (Fsp3) is 0.385. The third-order valence-electron chi connectivity index (χ3n) is 3.10. The van der Waals surface area contributed by atoms with Gasteiger partial charge in [0.2, 0.25) is 0 Å². The Hall–Kier alpha value is -1.31. The van der Waals surface area contributed by atoms with Crippen LogP contribution >= 0.6 is 22.6 Å². The van der Waals surface area contributed by atoms with Crippen LogP contribution in [0.5, 0.6) is 0 Å². The van der Waals surface area contributed by atoms with Gasteiger partial charge in [0, 0.05) is 16.7 Å². The number of piperidine rings is 1. The Morgan fingerprint density at radius 3 is 2.53 bits per heavy atom. The van der Waals surface area contributed by atoms with Crippen molar-refractivity contribution in [1.82, 2.24) is 4.90 Å². The number of hydrogen-bond donors (Lipinski definition) is 2. The number of rotatable bonds is 2. The zero-order valence-corrected chi connectivity index (χ0v) is 12.5. The zero-order valence-electron chi connectivity index (χ0n) is 10.4. The molecule has 2 N–H and O–H groups in total. The van der Waals surface area contributed by atoms with Crippen molar-refractivity contribution >= 4 is 40.3 Å². The van der Waals surface area contributed by atoms with Crippen LogP contribution < -0.4 is 5.32 Å². The first-order chi connectivity index (χ1) is 9.08. The number of carboxylic acid groups (broad SMARTS) is 1. The predicted molar refractivity (Wildman–Crippen MR) is 80.6 cm³/mol. The van der Waals surface area contributed by atoms with Gasteiger partial charge in [-0.2, -0.15) is 0 Å². The molecule has 0 atom stereocenters. The van der Waals surface area contributed by atoms with Crippen LogP contribution in [0.4, 0.5) is 10.5 Å². The Morgan fingerprint density at radius 2 is 1.89 bits per heavy atom. The lowest BCUT2D eigenvalue weighted by atomic mass is 10.1. The summed E-state index contributed by atoms with van der Waals surface area (Å²) in [5.41, 5.74) is 0.727. The largest absolute Gasteiger partial charge is 0.478 e. The Balaban J connectivity index is 2.11. The molecule has 0 aromatic heterocycles. The van der Waals surface area contributed by atoms with Gasteiger partial charge >= 0.3 is 12.0 Å². The topological polar surface area (TPSA) is 69.6 Å². The minimum Gasteiger partial charge on any atom is -0.478 e. The number of aromatic carboxylic acids is 1. The fourth-order valence-electron chi connectivity index (χ4n) is 2.05. The van der Waals surface area contributed by atoms with Crippen molar-refractivity contribution < 1.29 is 14.7 Å². The molecule has 1 aromatic carbocycles. The summed E-state index contributed by atoms with van der Waals surface area (Å²) in [6.45, 7) is 1.53. The van der Waals surface area contributed by atoms with Gasteiger partial charge in [-0.15, -0.1) is 0 Å². The molecule has 2 rings (SSSR count). The van der Waals surface area contributed by atoms with Crippen LogP contribution in [0.3, 0.4) is 0 Å². The van der Waals surface area contributed by atoms with Crippen LogP contribution in [0, 0.1) is 3.57 Å². The Bertz CT molecular complexity index is 499. The molecular formula is C13H15IN2O3. The van der Waals surface area contributed by atoms with Gasteiger partial charge in [0.1, 0.15) is 0 Å². The molecule has 1 aliphatic rings. The third kappa shape index (κ3) is 3.59. The maximum Gasteiger partial charge on any atom is 0.335 e. The molecule has 1 aliphatic heterocycles. The molecule has 1 heterocycles. The quantitative estimate of drug-likeness (QED) is 0.782. The van der Waals surface area contributed by atoms with E-state index < -0.39 is 5.97 Å². The van der Waals surface area contributed by atoms with Gasteiger partial charge in [0.05, 0.1) is 11.3 Å². The fourth-order valence-corrected chi connectivity index (χ4v) is 2.52. The molecule has 0 radical (unpaired) electrons. The summed E-state index contributed by atoms with van der Waals surface area (Å²) in [6.07, 6.45) is 3.22. The second-order valence-corrected chi connectivity index (χ2v) is 5.64. The lowest BCUT2D eigenvalue weighted by Gasteiger charge is -2.27. The molecule has 102 valence electrons. The molecule has 19 heavy (non-hydrogen) atoms. The van der Waals surface area contributed by atoms with E-state index in [0.717, 1.165) is 35.9 Å². The van der Waals surface area contributed by atoms with Crippen LogP contribution in [0.25, 0.3) is 0 Å². The molecule has 5 nitrogen and oxygen atoms in total. The highest BCUT2D eigenvalue weighted by Gasteiger charge is 2.17. The number of carbonyl (C=O) groups excluding carboxylic acids is 1. The summed E-state index contributed by atoms with van der Waals surface area (Å²) in [7, 11) is 0. The summed E-state index contributed by atoms with van der Waals surface area (Å²) >= 11 is 2.08. The Kier molecular flexibility index (Phi) is 4.62. The van der Waals surface area contributed by atoms with Crippen LogP contribution in [0.1, 0.15) is 29.6 Å². The van der Waals surface area contributed by atoms with Gasteiger partial charge in [0.15, 0.2) is 0 Å². The minimum atomic E-state index is -0.995. The molecule has 1 saturated heterocycles. The Labute approximate surface area is 125 Å². The molecule has 0 aliphatic carbocycles. The van der Waals surface area contributed by atoms with E-state index in [1.165, 1.54) is 12.1 Å². The Morgan fingerprint density at radius 1 is 1.21 bits per heavy atom. The van der Waals surface area contributed by atoms with Crippen molar-refractivity contribution in [2.45, 2.75) is 19.3 Å². The van der Waals surface area contributed by atoms with Crippen LogP contribution in [0.2, 0.25) is 0 Å². The minimum absolute atomic E-state index is 0.153. The van der Waals surface area contributed by atoms with Crippen molar-refractivity contribution in [2.24, 2.45) is 0 Å². The lowest BCUT2D eigenvalue weighted by Crippen LogP contribution is -2.38. The maximum atomic E-state index is 12.1. The first-order valence-corrected chi connectivity index (χ1v) is 7.24. The number of likely N-dealkylation sites (tertiary alicyclic amines) is 1. The number of carboxylic acids is 1. The van der Waals surface area contributed by atoms with Gasteiger partial charge in [-0.1, -0.05) is 0 Å². The summed E-state index contributed by atoms with van der Waals surface area (Å²) in [4.78, 5) is 24.8. The highest BCUT2D eigenvalue weighted by atomic mass is 127. The second kappa shape index (κ2) is 6.23. The SMILES string of the molecule is O=C(O)c1ccc(I)c(NC(=O)N2CCCCC2)c1. The number of urea groups is 1. The van der Waals surface area contributed by atoms with Crippen molar-refractivity contribution in [3.63, 3.8) is 0 Å². The molecule has 2 amide bonds. The zero-order chi connectivity index (χ0) is 13.8. The smallest absolute Gasteiger partial charge is 0.335 e. The molecule has 1 fully saturated rings. The standard InChI is InChI=1S/C13H15IN2O3/c14-10-5-4-9(12(17)18)8-11(10)15-13(19)16-6-2-1-3-7-16/h4-5,8H,1-3,6-7H2,(H,15,19)(H,17,18). The van der Waals surface area contributed by atoms with E-state index in [2.05, 4.69) is 27.9 Å². The van der Waals surface area contributed by atoms with Crippen molar-refractivity contribution in [2.75, 3.05) is 18.4 Å². The van der Waals surface area contributed by atoms with E-state index in [4.69, 9.17) is 5.11 Å². The number of anilines is 1. The van der Waals surface area contributed by atoms with Gasteiger partial charge < -0.3 is 15.3 Å². The number of nitrogens with zero attached hydrogens (tertiary/aromatic N) is 1. The first kappa shape index (κ1) is 14.1. The van der Waals surface area contributed by atoms with Gasteiger partial charge in [-0.3, -0.25) is 0 Å². The highest BCUT2D eigenvalue weighted by Crippen LogP contribution is 2.21. The molecule has 6 heteroatoms. The van der Waals surface area contributed by atoms with E-state index in [-0.39, 0.29) is 11.6 Å². The number of nitrogens with one attached hydrogen (secondary N) is 1. The van der Waals surface area contributed by atoms with Gasteiger partial charge in [-0.05, 0) is 60.1 Å². The lowest BCUT2D eigenvalue weighted by molar-refractivity contribution is 0.0697. The summed E-state index contributed by atoms with van der Waals surface area (Å²) in [5.74, 6) is -0.995. The van der Waals surface area contributed by atoms with Gasteiger partial charge in [0.25, 0.3) is 0 Å². The summed E-state index contributed by atoms with van der Waals surface area (Å²) < 4.78 is 0.827. The number of hydrogen-bond acceptors (Lipinski definition) is 2. The van der Waals surface area contributed by atoms with E-state index in [1.54, 1.807) is 11.0 Å². The molecule has 0 saturated carbocycles. The van der Waals surface area contributed by atoms with E-state index in [1.807, 2.05) is 0 Å². The molecule has 0 bridgehead atoms. The predicted octanol–water partition coefficient (Wildman–Crippen LogP) is 3.01. The number of benzene rings is 1. The summed E-state index contributed by atoms with van der Waals surface area (Å²) in [6, 6.07) is 4.56. The maximum absolute atomic E-state index is 12.1. The monoisotopic (exact) mass is 374 g/mol. The average Bonchev–Trinajstić information content (AvgIpc) is 2.42. The summed E-state index contributed by atoms with van der Waals surface area (Å²) in [5, 5.41) is 11.7. The van der Waals surface area contributed by atoms with E-state index in [9.17, 15) is 9.59 Å². The van der Waals surface area contributed by atoms with Gasteiger partial charge in [-0.25, -0.2) is 9.59 Å².